The molecule has 2 amide bonds. The van der Waals surface area contributed by atoms with Crippen molar-refractivity contribution in [1.29, 1.82) is 0 Å². The zero-order valence-corrected chi connectivity index (χ0v) is 20.9. The monoisotopic (exact) mass is 515 g/mol. The molecule has 1 saturated carbocycles. The Morgan fingerprint density at radius 1 is 1.26 bits per heavy atom. The summed E-state index contributed by atoms with van der Waals surface area (Å²) in [5.41, 5.74) is -1.48. The Balaban J connectivity index is 1.81. The molecule has 2 N–H and O–H groups in total. The van der Waals surface area contributed by atoms with E-state index < -0.39 is 29.2 Å². The number of alkyl halides is 3. The van der Waals surface area contributed by atoms with E-state index in [9.17, 15) is 27.9 Å². The SMILES string of the molecule is Cc1ccc(N(CC2CCCC2)C(=O)Nc2ncc(SCC(C)(C)C(=O)O)s2)c(C(F)(F)F)c1. The quantitative estimate of drug-likeness (QED) is 0.374. The van der Waals surface area contributed by atoms with Crippen LogP contribution in [0.25, 0.3) is 0 Å². The number of amides is 2. The van der Waals surface area contributed by atoms with Gasteiger partial charge in [0.25, 0.3) is 0 Å². The summed E-state index contributed by atoms with van der Waals surface area (Å²) in [7, 11) is 0. The summed E-state index contributed by atoms with van der Waals surface area (Å²) in [5.74, 6) is -0.475. The number of rotatable bonds is 8. The van der Waals surface area contributed by atoms with E-state index in [0.717, 1.165) is 43.1 Å². The molecule has 1 aliphatic carbocycles. The molecule has 11 heteroatoms. The highest BCUT2D eigenvalue weighted by Crippen LogP contribution is 2.39. The number of halogens is 3. The van der Waals surface area contributed by atoms with Gasteiger partial charge in [-0.15, -0.1) is 11.8 Å². The number of carbonyl (C=O) groups excluding carboxylic acids is 1. The first-order chi connectivity index (χ1) is 15.9. The standard InChI is InChI=1S/C23H28F3N3O3S2/c1-14-8-9-17(16(10-14)23(24,25)26)29(12-15-6-4-5-7-15)21(32)28-20-27-11-18(34-20)33-13-22(2,3)19(30)31/h8-11,15H,4-7,12-13H2,1-3H3,(H,30,31)(H,27,28,32). The first-order valence-electron chi connectivity index (χ1n) is 11.0. The molecule has 0 saturated heterocycles. The van der Waals surface area contributed by atoms with Crippen LogP contribution in [0.2, 0.25) is 0 Å². The number of carbonyl (C=O) groups is 2. The first kappa shape index (κ1) is 26.3. The first-order valence-corrected chi connectivity index (χ1v) is 12.8. The number of aromatic nitrogens is 1. The predicted octanol–water partition coefficient (Wildman–Crippen LogP) is 6.90. The van der Waals surface area contributed by atoms with E-state index >= 15 is 0 Å². The summed E-state index contributed by atoms with van der Waals surface area (Å²) in [6.07, 6.45) is 0.664. The second kappa shape index (κ2) is 10.6. The fourth-order valence-corrected chi connectivity index (χ4v) is 5.65. The Bertz CT molecular complexity index is 1030. The molecule has 0 spiro atoms. The summed E-state index contributed by atoms with van der Waals surface area (Å²) in [5, 5.41) is 12.2. The highest BCUT2D eigenvalue weighted by Gasteiger charge is 2.37. The molecule has 186 valence electrons. The number of aryl methyl sites for hydroxylation is 1. The largest absolute Gasteiger partial charge is 0.481 e. The molecule has 1 fully saturated rings. The van der Waals surface area contributed by atoms with Crippen LogP contribution in [0.4, 0.5) is 28.8 Å². The maximum atomic E-state index is 13.8. The van der Waals surface area contributed by atoms with Crippen LogP contribution < -0.4 is 10.2 Å². The average Bonchev–Trinajstić information content (AvgIpc) is 3.42. The van der Waals surface area contributed by atoms with E-state index in [1.807, 2.05) is 0 Å². The number of carboxylic acid groups (broad SMARTS) is 1. The summed E-state index contributed by atoms with van der Waals surface area (Å²) in [6, 6.07) is 3.32. The normalized spacial score (nSPS) is 14.9. The minimum atomic E-state index is -4.60. The molecule has 1 heterocycles. The molecule has 1 aliphatic rings. The van der Waals surface area contributed by atoms with Gasteiger partial charge in [0.05, 0.1) is 27.1 Å². The third-order valence-corrected chi connectivity index (χ3v) is 8.33. The van der Waals surface area contributed by atoms with Crippen LogP contribution in [0, 0.1) is 18.3 Å². The number of carboxylic acids is 1. The molecule has 0 bridgehead atoms. The molecular weight excluding hydrogens is 487 g/mol. The molecule has 1 aromatic heterocycles. The van der Waals surface area contributed by atoms with E-state index in [0.29, 0.717) is 15.5 Å². The Morgan fingerprint density at radius 3 is 2.56 bits per heavy atom. The second-order valence-corrected chi connectivity index (χ2v) is 11.5. The Labute approximate surface area is 204 Å². The second-order valence-electron chi connectivity index (χ2n) is 9.17. The number of benzene rings is 1. The number of nitrogens with one attached hydrogen (secondary N) is 1. The fraction of sp³-hybridized carbons (Fsp3) is 0.522. The molecule has 1 aromatic carbocycles. The Morgan fingerprint density at radius 2 is 1.94 bits per heavy atom. The minimum Gasteiger partial charge on any atom is -0.481 e. The molecule has 0 unspecified atom stereocenters. The zero-order chi connectivity index (χ0) is 25.1. The molecule has 0 atom stereocenters. The van der Waals surface area contributed by atoms with Gasteiger partial charge >= 0.3 is 18.2 Å². The van der Waals surface area contributed by atoms with E-state index in [1.54, 1.807) is 26.8 Å². The van der Waals surface area contributed by atoms with Crippen molar-refractivity contribution in [2.75, 3.05) is 22.5 Å². The fourth-order valence-electron chi connectivity index (χ4n) is 3.71. The highest BCUT2D eigenvalue weighted by molar-refractivity contribution is 8.01. The minimum absolute atomic E-state index is 0.133. The van der Waals surface area contributed by atoms with Crippen molar-refractivity contribution in [1.82, 2.24) is 4.98 Å². The molecule has 6 nitrogen and oxygen atoms in total. The van der Waals surface area contributed by atoms with Crippen molar-refractivity contribution >= 4 is 45.9 Å². The number of nitrogens with zero attached hydrogens (tertiary/aromatic N) is 2. The zero-order valence-electron chi connectivity index (χ0n) is 19.2. The number of urea groups is 1. The Kier molecular flexibility index (Phi) is 8.18. The maximum absolute atomic E-state index is 13.8. The summed E-state index contributed by atoms with van der Waals surface area (Å²) in [4.78, 5) is 29.9. The smallest absolute Gasteiger partial charge is 0.418 e. The Hall–Kier alpha value is -2.27. The van der Waals surface area contributed by atoms with E-state index in [1.165, 1.54) is 28.9 Å². The molecule has 34 heavy (non-hydrogen) atoms. The van der Waals surface area contributed by atoms with Gasteiger partial charge in [-0.05, 0) is 51.7 Å². The van der Waals surface area contributed by atoms with Gasteiger partial charge in [0.15, 0.2) is 5.13 Å². The lowest BCUT2D eigenvalue weighted by atomic mass is 9.97. The van der Waals surface area contributed by atoms with Gasteiger partial charge in [-0.3, -0.25) is 15.0 Å². The summed E-state index contributed by atoms with van der Waals surface area (Å²) >= 11 is 2.46. The van der Waals surface area contributed by atoms with Crippen molar-refractivity contribution in [2.24, 2.45) is 11.3 Å². The molecule has 2 aromatic rings. The lowest BCUT2D eigenvalue weighted by Gasteiger charge is -2.28. The van der Waals surface area contributed by atoms with Gasteiger partial charge in [0.2, 0.25) is 0 Å². The van der Waals surface area contributed by atoms with Crippen LogP contribution in [-0.4, -0.2) is 34.4 Å². The van der Waals surface area contributed by atoms with E-state index in [2.05, 4.69) is 10.3 Å². The van der Waals surface area contributed by atoms with Gasteiger partial charge in [-0.2, -0.15) is 13.2 Å². The van der Waals surface area contributed by atoms with E-state index in [4.69, 9.17) is 0 Å². The van der Waals surface area contributed by atoms with Crippen LogP contribution >= 0.6 is 23.1 Å². The van der Waals surface area contributed by atoms with Gasteiger partial charge in [0, 0.05) is 12.3 Å². The number of thioether (sulfide) groups is 1. The predicted molar refractivity (Wildman–Crippen MR) is 129 cm³/mol. The maximum Gasteiger partial charge on any atom is 0.418 e. The van der Waals surface area contributed by atoms with Crippen molar-refractivity contribution in [3.05, 3.63) is 35.5 Å². The van der Waals surface area contributed by atoms with Crippen LogP contribution in [0.3, 0.4) is 0 Å². The average molecular weight is 516 g/mol. The van der Waals surface area contributed by atoms with Gasteiger partial charge < -0.3 is 5.11 Å². The third-order valence-electron chi connectivity index (χ3n) is 5.76. The molecule has 0 radical (unpaired) electrons. The number of hydrogen-bond donors (Lipinski definition) is 2. The van der Waals surface area contributed by atoms with Gasteiger partial charge in [-0.25, -0.2) is 9.78 Å². The van der Waals surface area contributed by atoms with Crippen LogP contribution in [-0.2, 0) is 11.0 Å². The van der Waals surface area contributed by atoms with E-state index in [-0.39, 0.29) is 23.3 Å². The highest BCUT2D eigenvalue weighted by atomic mass is 32.2. The van der Waals surface area contributed by atoms with Crippen molar-refractivity contribution < 1.29 is 27.9 Å². The topological polar surface area (TPSA) is 82.5 Å². The summed E-state index contributed by atoms with van der Waals surface area (Å²) < 4.78 is 42.2. The van der Waals surface area contributed by atoms with Crippen LogP contribution in [0.5, 0.6) is 0 Å². The number of hydrogen-bond acceptors (Lipinski definition) is 5. The lowest BCUT2D eigenvalue weighted by Crippen LogP contribution is -2.39. The van der Waals surface area contributed by atoms with Gasteiger partial charge in [-0.1, -0.05) is 35.8 Å². The van der Waals surface area contributed by atoms with Crippen molar-refractivity contribution in [2.45, 2.75) is 56.8 Å². The third kappa shape index (κ3) is 6.65. The number of anilines is 2. The lowest BCUT2D eigenvalue weighted by molar-refractivity contribution is -0.145. The molecule has 3 rings (SSSR count). The number of thiazole rings is 1. The van der Waals surface area contributed by atoms with Gasteiger partial charge in [0.1, 0.15) is 0 Å². The van der Waals surface area contributed by atoms with Crippen molar-refractivity contribution in [3.8, 4) is 0 Å². The number of aliphatic carboxylic acids is 1. The molecular formula is C23H28F3N3O3S2. The van der Waals surface area contributed by atoms with Crippen LogP contribution in [0.15, 0.2) is 28.6 Å². The van der Waals surface area contributed by atoms with Crippen LogP contribution in [0.1, 0.15) is 50.7 Å². The van der Waals surface area contributed by atoms with Crippen molar-refractivity contribution in [3.63, 3.8) is 0 Å². The molecule has 0 aliphatic heterocycles. The summed E-state index contributed by atoms with van der Waals surface area (Å²) in [6.45, 7) is 5.01.